The standard InChI is InChI=1S/C17H23N5O2/c23-22-16-14-4-1-3-13(14)5-6-15(16)19-17(20-22)18-7-2-8-21-9-11-24-12-10-21/h5-6H,1-4,7-12H2,(H,18,19,20). The Balaban J connectivity index is 1.41. The van der Waals surface area contributed by atoms with E-state index in [1.165, 1.54) is 5.56 Å². The molecule has 4 rings (SSSR count). The highest BCUT2D eigenvalue weighted by atomic mass is 16.5. The number of aryl methyl sites for hydroxylation is 2. The smallest absolute Gasteiger partial charge is 0.290 e. The lowest BCUT2D eigenvalue weighted by atomic mass is 10.1. The minimum Gasteiger partial charge on any atom is -0.594 e. The Kier molecular flexibility index (Phi) is 4.44. The van der Waals surface area contributed by atoms with Crippen LogP contribution in [0.1, 0.15) is 24.0 Å². The highest BCUT2D eigenvalue weighted by Crippen LogP contribution is 2.27. The minimum atomic E-state index is 0.414. The average molecular weight is 329 g/mol. The van der Waals surface area contributed by atoms with E-state index < -0.39 is 0 Å². The summed E-state index contributed by atoms with van der Waals surface area (Å²) in [5.74, 6) is 0.414. The monoisotopic (exact) mass is 329 g/mol. The number of hydrogen-bond acceptors (Lipinski definition) is 6. The van der Waals surface area contributed by atoms with E-state index in [0.717, 1.165) is 81.0 Å². The van der Waals surface area contributed by atoms with Gasteiger partial charge in [0, 0.05) is 25.2 Å². The van der Waals surface area contributed by atoms with Crippen LogP contribution in [0.2, 0.25) is 0 Å². The first kappa shape index (κ1) is 15.5. The molecule has 1 fully saturated rings. The number of fused-ring (bicyclic) bond motifs is 3. The zero-order valence-corrected chi connectivity index (χ0v) is 13.8. The molecule has 0 amide bonds. The lowest BCUT2D eigenvalue weighted by Crippen LogP contribution is -2.37. The highest BCUT2D eigenvalue weighted by Gasteiger charge is 2.22. The molecule has 0 atom stereocenters. The fourth-order valence-corrected chi connectivity index (χ4v) is 3.61. The third kappa shape index (κ3) is 3.14. The molecule has 1 aliphatic carbocycles. The Morgan fingerprint density at radius 2 is 2.12 bits per heavy atom. The van der Waals surface area contributed by atoms with E-state index in [0.29, 0.717) is 11.5 Å². The van der Waals surface area contributed by atoms with Crippen LogP contribution >= 0.6 is 0 Å². The first-order valence-corrected chi connectivity index (χ1v) is 8.77. The number of ether oxygens (including phenoxy) is 1. The van der Waals surface area contributed by atoms with Crippen molar-refractivity contribution in [2.24, 2.45) is 0 Å². The molecule has 1 aromatic heterocycles. The molecule has 0 saturated carbocycles. The molecule has 7 nitrogen and oxygen atoms in total. The van der Waals surface area contributed by atoms with Crippen LogP contribution in [0.15, 0.2) is 12.1 Å². The molecule has 7 heteroatoms. The molecule has 128 valence electrons. The number of aromatic nitrogens is 3. The molecule has 24 heavy (non-hydrogen) atoms. The van der Waals surface area contributed by atoms with Crippen LogP contribution in [0, 0.1) is 5.21 Å². The molecule has 0 unspecified atom stereocenters. The van der Waals surface area contributed by atoms with E-state index >= 15 is 0 Å². The van der Waals surface area contributed by atoms with Crippen molar-refractivity contribution in [3.63, 3.8) is 0 Å². The molecule has 1 aliphatic heterocycles. The van der Waals surface area contributed by atoms with Gasteiger partial charge in [0.1, 0.15) is 5.52 Å². The molecular formula is C17H23N5O2. The number of anilines is 1. The normalized spacial score (nSPS) is 18.0. The minimum absolute atomic E-state index is 0.414. The van der Waals surface area contributed by atoms with E-state index in [1.807, 2.05) is 6.07 Å². The molecule has 0 spiro atoms. The quantitative estimate of drug-likeness (QED) is 0.499. The van der Waals surface area contributed by atoms with Gasteiger partial charge in [0.05, 0.1) is 18.3 Å². The van der Waals surface area contributed by atoms with E-state index in [-0.39, 0.29) is 0 Å². The summed E-state index contributed by atoms with van der Waals surface area (Å²) in [6.45, 7) is 5.42. The summed E-state index contributed by atoms with van der Waals surface area (Å²) >= 11 is 0. The third-order valence-electron chi connectivity index (χ3n) is 4.87. The van der Waals surface area contributed by atoms with Crippen molar-refractivity contribution in [2.45, 2.75) is 25.7 Å². The summed E-state index contributed by atoms with van der Waals surface area (Å²) in [6, 6.07) is 4.04. The van der Waals surface area contributed by atoms with E-state index in [4.69, 9.17) is 4.74 Å². The van der Waals surface area contributed by atoms with Gasteiger partial charge in [0.2, 0.25) is 0 Å². The zero-order valence-electron chi connectivity index (χ0n) is 13.8. The van der Waals surface area contributed by atoms with Gasteiger partial charge in [-0.3, -0.25) is 4.90 Å². The maximum Gasteiger partial charge on any atom is 0.290 e. The second-order valence-electron chi connectivity index (χ2n) is 6.47. The van der Waals surface area contributed by atoms with Crippen molar-refractivity contribution in [3.8, 4) is 0 Å². The molecular weight excluding hydrogens is 306 g/mol. The van der Waals surface area contributed by atoms with Gasteiger partial charge in [-0.05, 0) is 48.7 Å². The Morgan fingerprint density at radius 3 is 3.00 bits per heavy atom. The lowest BCUT2D eigenvalue weighted by Gasteiger charge is -2.26. The van der Waals surface area contributed by atoms with Crippen molar-refractivity contribution in [1.82, 2.24) is 15.0 Å². The Morgan fingerprint density at radius 1 is 1.25 bits per heavy atom. The van der Waals surface area contributed by atoms with Crippen LogP contribution in [-0.2, 0) is 17.6 Å². The van der Waals surface area contributed by atoms with Crippen LogP contribution < -0.4 is 10.2 Å². The maximum absolute atomic E-state index is 12.3. The molecule has 2 heterocycles. The van der Waals surface area contributed by atoms with Gasteiger partial charge >= 0.3 is 0 Å². The number of nitrogens with zero attached hydrogens (tertiary/aromatic N) is 4. The van der Waals surface area contributed by atoms with E-state index in [2.05, 4.69) is 26.4 Å². The molecule has 1 N–H and O–H groups in total. The number of benzene rings is 1. The summed E-state index contributed by atoms with van der Waals surface area (Å²) in [5, 5.41) is 19.6. The van der Waals surface area contributed by atoms with Crippen LogP contribution in [-0.4, -0.2) is 54.4 Å². The number of rotatable bonds is 5. The average Bonchev–Trinajstić information content (AvgIpc) is 3.08. The Bertz CT molecular complexity index is 730. The predicted octanol–water partition coefficient (Wildman–Crippen LogP) is 0.886. The van der Waals surface area contributed by atoms with Gasteiger partial charge in [-0.1, -0.05) is 6.07 Å². The topological polar surface area (TPSA) is 77.2 Å². The summed E-state index contributed by atoms with van der Waals surface area (Å²) in [7, 11) is 0. The number of morpholine rings is 1. The SMILES string of the molecule is [O-][n+]1nc(NCCCN2CCOCC2)nc2ccc3c(c21)CCC3. The predicted molar refractivity (Wildman–Crippen MR) is 90.9 cm³/mol. The molecule has 1 saturated heterocycles. The second kappa shape index (κ2) is 6.86. The van der Waals surface area contributed by atoms with Gasteiger partial charge < -0.3 is 15.3 Å². The number of hydrogen-bond donors (Lipinski definition) is 1. The van der Waals surface area contributed by atoms with Gasteiger partial charge in [-0.25, -0.2) is 4.98 Å². The fraction of sp³-hybridized carbons (Fsp3) is 0.588. The number of nitrogens with one attached hydrogen (secondary N) is 1. The molecule has 0 radical (unpaired) electrons. The second-order valence-corrected chi connectivity index (χ2v) is 6.47. The fourth-order valence-electron chi connectivity index (χ4n) is 3.61. The van der Waals surface area contributed by atoms with Gasteiger partial charge in [-0.2, -0.15) is 0 Å². The first-order valence-electron chi connectivity index (χ1n) is 8.77. The zero-order chi connectivity index (χ0) is 16.4. The van der Waals surface area contributed by atoms with Gasteiger partial charge in [-0.15, -0.1) is 0 Å². The van der Waals surface area contributed by atoms with Crippen molar-refractivity contribution >= 4 is 17.0 Å². The van der Waals surface area contributed by atoms with Gasteiger partial charge in [0.15, 0.2) is 0 Å². The Labute approximate surface area is 141 Å². The largest absolute Gasteiger partial charge is 0.594 e. The molecule has 0 bridgehead atoms. The third-order valence-corrected chi connectivity index (χ3v) is 4.87. The summed E-state index contributed by atoms with van der Waals surface area (Å²) < 4.78 is 5.35. The van der Waals surface area contributed by atoms with Crippen molar-refractivity contribution in [2.75, 3.05) is 44.7 Å². The van der Waals surface area contributed by atoms with Crippen LogP contribution in [0.4, 0.5) is 5.95 Å². The molecule has 1 aromatic carbocycles. The van der Waals surface area contributed by atoms with Gasteiger partial charge in [0.25, 0.3) is 11.5 Å². The van der Waals surface area contributed by atoms with Crippen molar-refractivity contribution in [1.29, 1.82) is 0 Å². The van der Waals surface area contributed by atoms with Crippen molar-refractivity contribution in [3.05, 3.63) is 28.5 Å². The summed E-state index contributed by atoms with van der Waals surface area (Å²) in [5.41, 5.74) is 3.77. The molecule has 2 aromatic rings. The lowest BCUT2D eigenvalue weighted by molar-refractivity contribution is -0.642. The maximum atomic E-state index is 12.3. The van der Waals surface area contributed by atoms with Crippen LogP contribution in [0.25, 0.3) is 11.0 Å². The van der Waals surface area contributed by atoms with E-state index in [1.54, 1.807) is 0 Å². The summed E-state index contributed by atoms with van der Waals surface area (Å²) in [6.07, 6.45) is 4.10. The van der Waals surface area contributed by atoms with E-state index in [9.17, 15) is 5.21 Å². The summed E-state index contributed by atoms with van der Waals surface area (Å²) in [4.78, 5) is 7.66. The van der Waals surface area contributed by atoms with Crippen molar-refractivity contribution < 1.29 is 9.58 Å². The molecule has 2 aliphatic rings. The Hall–Kier alpha value is -1.99. The highest BCUT2D eigenvalue weighted by molar-refractivity contribution is 5.77. The van der Waals surface area contributed by atoms with Crippen LogP contribution in [0.5, 0.6) is 0 Å². The first-order chi connectivity index (χ1) is 11.8. The van der Waals surface area contributed by atoms with Crippen LogP contribution in [0.3, 0.4) is 0 Å².